The minimum Gasteiger partial charge on any atom is -0.444 e. The van der Waals surface area contributed by atoms with Crippen molar-refractivity contribution in [2.75, 3.05) is 11.6 Å². The Kier molecular flexibility index (Phi) is 6.56. The lowest BCUT2D eigenvalue weighted by atomic mass is 10.1. The third-order valence-corrected chi connectivity index (χ3v) is 5.86. The second-order valence-corrected chi connectivity index (χ2v) is 9.32. The largest absolute Gasteiger partial charge is 0.444 e. The number of anilines is 1. The van der Waals surface area contributed by atoms with Crippen molar-refractivity contribution in [1.29, 1.82) is 0 Å². The zero-order valence-corrected chi connectivity index (χ0v) is 18.3. The Bertz CT molecular complexity index is 1200. The van der Waals surface area contributed by atoms with Gasteiger partial charge in [-0.05, 0) is 55.3 Å². The average Bonchev–Trinajstić information content (AvgIpc) is 2.74. The summed E-state index contributed by atoms with van der Waals surface area (Å²) >= 11 is 0. The van der Waals surface area contributed by atoms with Gasteiger partial charge in [-0.2, -0.15) is 0 Å². The highest BCUT2D eigenvalue weighted by molar-refractivity contribution is 7.90. The molecule has 160 valence electrons. The Morgan fingerprint density at radius 1 is 0.903 bits per heavy atom. The van der Waals surface area contributed by atoms with Crippen LogP contribution in [-0.2, 0) is 19.4 Å². The molecule has 1 atom stereocenters. The van der Waals surface area contributed by atoms with E-state index >= 15 is 0 Å². The van der Waals surface area contributed by atoms with E-state index in [2.05, 4.69) is 5.32 Å². The number of carbonyl (C=O) groups is 2. The van der Waals surface area contributed by atoms with Crippen molar-refractivity contribution in [1.82, 2.24) is 0 Å². The van der Waals surface area contributed by atoms with E-state index in [-0.39, 0.29) is 10.5 Å². The number of sulfone groups is 1. The van der Waals surface area contributed by atoms with Gasteiger partial charge in [0.25, 0.3) is 5.91 Å². The minimum atomic E-state index is -3.38. The number of nitrogens with one attached hydrogen (secondary N) is 1. The van der Waals surface area contributed by atoms with E-state index < -0.39 is 27.8 Å². The summed E-state index contributed by atoms with van der Waals surface area (Å²) < 4.78 is 28.8. The molecule has 0 aromatic heterocycles. The van der Waals surface area contributed by atoms with Crippen LogP contribution in [0, 0.1) is 13.8 Å². The van der Waals surface area contributed by atoms with Crippen LogP contribution in [0.25, 0.3) is 0 Å². The Balaban J connectivity index is 1.86. The summed E-state index contributed by atoms with van der Waals surface area (Å²) in [6.45, 7) is 3.80. The van der Waals surface area contributed by atoms with Gasteiger partial charge in [0.05, 0.1) is 10.5 Å². The van der Waals surface area contributed by atoms with E-state index in [1.807, 2.05) is 32.0 Å². The summed E-state index contributed by atoms with van der Waals surface area (Å²) in [6, 6.07) is 19.8. The molecule has 3 aromatic carbocycles. The molecule has 1 N–H and O–H groups in total. The Morgan fingerprint density at radius 2 is 1.55 bits per heavy atom. The van der Waals surface area contributed by atoms with Crippen LogP contribution < -0.4 is 5.32 Å². The molecule has 3 aromatic rings. The number of aryl methyl sites for hydroxylation is 2. The summed E-state index contributed by atoms with van der Waals surface area (Å²) in [5, 5.41) is 2.84. The highest BCUT2D eigenvalue weighted by atomic mass is 32.2. The van der Waals surface area contributed by atoms with Crippen molar-refractivity contribution in [3.8, 4) is 0 Å². The van der Waals surface area contributed by atoms with E-state index in [4.69, 9.17) is 4.74 Å². The number of rotatable bonds is 6. The first-order valence-corrected chi connectivity index (χ1v) is 11.5. The van der Waals surface area contributed by atoms with Crippen molar-refractivity contribution >= 4 is 27.4 Å². The summed E-state index contributed by atoms with van der Waals surface area (Å²) in [4.78, 5) is 25.9. The molecule has 0 spiro atoms. The van der Waals surface area contributed by atoms with Crippen LogP contribution in [0.15, 0.2) is 77.7 Å². The lowest BCUT2D eigenvalue weighted by Gasteiger charge is -2.19. The quantitative estimate of drug-likeness (QED) is 0.583. The molecule has 0 aliphatic heterocycles. The topological polar surface area (TPSA) is 89.5 Å². The Morgan fingerprint density at radius 3 is 2.16 bits per heavy atom. The van der Waals surface area contributed by atoms with Crippen LogP contribution >= 0.6 is 0 Å². The molecule has 0 bridgehead atoms. The second kappa shape index (κ2) is 9.14. The number of hydrogen-bond acceptors (Lipinski definition) is 5. The first-order chi connectivity index (χ1) is 14.6. The first-order valence-electron chi connectivity index (χ1n) is 9.59. The molecule has 1 amide bonds. The van der Waals surface area contributed by atoms with E-state index in [0.29, 0.717) is 11.3 Å². The molecule has 3 rings (SSSR count). The molecule has 0 saturated carbocycles. The molecule has 0 fully saturated rings. The summed E-state index contributed by atoms with van der Waals surface area (Å²) in [5.41, 5.74) is 3.17. The van der Waals surface area contributed by atoms with Crippen molar-refractivity contribution in [3.05, 3.63) is 95.1 Å². The molecule has 0 aliphatic carbocycles. The smallest absolute Gasteiger partial charge is 0.339 e. The molecule has 0 saturated heterocycles. The number of ether oxygens (including phenoxy) is 1. The number of hydrogen-bond donors (Lipinski definition) is 1. The van der Waals surface area contributed by atoms with Gasteiger partial charge >= 0.3 is 5.97 Å². The van der Waals surface area contributed by atoms with Crippen molar-refractivity contribution in [3.63, 3.8) is 0 Å². The van der Waals surface area contributed by atoms with Crippen molar-refractivity contribution in [2.24, 2.45) is 0 Å². The minimum absolute atomic E-state index is 0.0938. The number of benzene rings is 3. The van der Waals surface area contributed by atoms with Gasteiger partial charge < -0.3 is 10.1 Å². The summed E-state index contributed by atoms with van der Waals surface area (Å²) in [7, 11) is -3.38. The average molecular weight is 438 g/mol. The summed E-state index contributed by atoms with van der Waals surface area (Å²) in [5.74, 6) is -1.22. The third kappa shape index (κ3) is 5.58. The fourth-order valence-corrected chi connectivity index (χ4v) is 3.61. The maximum atomic E-state index is 13.1. The highest BCUT2D eigenvalue weighted by Crippen LogP contribution is 2.24. The zero-order chi connectivity index (χ0) is 22.6. The van der Waals surface area contributed by atoms with Gasteiger partial charge in [-0.1, -0.05) is 42.5 Å². The first kappa shape index (κ1) is 22.2. The molecule has 0 heterocycles. The van der Waals surface area contributed by atoms with Gasteiger partial charge in [-0.15, -0.1) is 0 Å². The predicted octanol–water partition coefficient (Wildman–Crippen LogP) is 4.24. The molecule has 7 heteroatoms. The van der Waals surface area contributed by atoms with Gasteiger partial charge in [0.2, 0.25) is 6.10 Å². The zero-order valence-electron chi connectivity index (χ0n) is 17.5. The van der Waals surface area contributed by atoms with E-state index in [0.717, 1.165) is 17.4 Å². The molecular weight excluding hydrogens is 414 g/mol. The monoisotopic (exact) mass is 437 g/mol. The van der Waals surface area contributed by atoms with Crippen LogP contribution in [0.4, 0.5) is 5.69 Å². The van der Waals surface area contributed by atoms with Crippen LogP contribution in [-0.4, -0.2) is 26.6 Å². The maximum absolute atomic E-state index is 13.1. The van der Waals surface area contributed by atoms with Gasteiger partial charge in [0.1, 0.15) is 0 Å². The maximum Gasteiger partial charge on any atom is 0.339 e. The fourth-order valence-electron chi connectivity index (χ4n) is 2.98. The molecule has 31 heavy (non-hydrogen) atoms. The van der Waals surface area contributed by atoms with Gasteiger partial charge in [0.15, 0.2) is 9.84 Å². The SMILES string of the molecule is Cc1ccc(C)c(NC(=O)C(OC(=O)c2ccc(S(C)(=O)=O)cc2)c2ccccc2)c1. The van der Waals surface area contributed by atoms with Crippen LogP contribution in [0.3, 0.4) is 0 Å². The highest BCUT2D eigenvalue weighted by Gasteiger charge is 2.26. The molecule has 1 unspecified atom stereocenters. The normalized spacial score (nSPS) is 12.1. The number of carbonyl (C=O) groups excluding carboxylic acids is 2. The second-order valence-electron chi connectivity index (χ2n) is 7.30. The number of amides is 1. The van der Waals surface area contributed by atoms with Crippen LogP contribution in [0.1, 0.15) is 33.2 Å². The molecule has 0 aliphatic rings. The molecular formula is C24H23NO5S. The van der Waals surface area contributed by atoms with Crippen LogP contribution in [0.5, 0.6) is 0 Å². The Hall–Kier alpha value is -3.45. The summed E-state index contributed by atoms with van der Waals surface area (Å²) in [6.07, 6.45) is -0.0909. The van der Waals surface area contributed by atoms with Crippen LogP contribution in [0.2, 0.25) is 0 Å². The lowest BCUT2D eigenvalue weighted by molar-refractivity contribution is -0.125. The molecule has 6 nitrogen and oxygen atoms in total. The lowest BCUT2D eigenvalue weighted by Crippen LogP contribution is -2.26. The van der Waals surface area contributed by atoms with E-state index in [1.165, 1.54) is 24.3 Å². The standard InChI is InChI=1S/C24H23NO5S/c1-16-9-10-17(2)21(15-16)25-23(26)22(18-7-5-4-6-8-18)30-24(27)19-11-13-20(14-12-19)31(3,28)29/h4-15,22H,1-3H3,(H,25,26). The fraction of sp³-hybridized carbons (Fsp3) is 0.167. The van der Waals surface area contributed by atoms with Crippen molar-refractivity contribution in [2.45, 2.75) is 24.8 Å². The third-order valence-electron chi connectivity index (χ3n) is 4.73. The number of esters is 1. The van der Waals surface area contributed by atoms with Gasteiger partial charge in [0, 0.05) is 17.5 Å². The van der Waals surface area contributed by atoms with Crippen molar-refractivity contribution < 1.29 is 22.7 Å². The van der Waals surface area contributed by atoms with Gasteiger partial charge in [-0.25, -0.2) is 13.2 Å². The Labute approximate surface area is 181 Å². The van der Waals surface area contributed by atoms with E-state index in [9.17, 15) is 18.0 Å². The predicted molar refractivity (Wildman–Crippen MR) is 119 cm³/mol. The molecule has 0 radical (unpaired) electrons. The van der Waals surface area contributed by atoms with Gasteiger partial charge in [-0.3, -0.25) is 4.79 Å². The van der Waals surface area contributed by atoms with E-state index in [1.54, 1.807) is 30.3 Å².